The third kappa shape index (κ3) is 36.1. The lowest BCUT2D eigenvalue weighted by Crippen LogP contribution is -2.18. The van der Waals surface area contributed by atoms with Crippen LogP contribution in [0, 0.1) is 0 Å². The van der Waals surface area contributed by atoms with Crippen molar-refractivity contribution in [1.29, 1.82) is 0 Å². The second kappa shape index (κ2) is 37.1. The number of unbranched alkanes of at least 4 members (excludes halogenated alkanes) is 15. The molecule has 0 aliphatic rings. The molecule has 0 saturated carbocycles. The Morgan fingerprint density at radius 3 is 1.41 bits per heavy atom. The Labute approximate surface area is 284 Å². The SMILES string of the molecule is CC/C=C\C/C=C\C/C=C\C/C=C\C/C=C\CCCCCC(=O)OC(CCCCCCCCC)CCCCCCCCCC(=O)O. The van der Waals surface area contributed by atoms with Gasteiger partial charge in [-0.25, -0.2) is 0 Å². The number of carbonyl (C=O) groups excluding carboxylic acids is 1. The molecule has 46 heavy (non-hydrogen) atoms. The minimum Gasteiger partial charge on any atom is -0.481 e. The van der Waals surface area contributed by atoms with Gasteiger partial charge in [-0.05, 0) is 83.5 Å². The topological polar surface area (TPSA) is 63.6 Å². The van der Waals surface area contributed by atoms with Crippen LogP contribution < -0.4 is 0 Å². The smallest absolute Gasteiger partial charge is 0.306 e. The van der Waals surface area contributed by atoms with Gasteiger partial charge in [0.15, 0.2) is 0 Å². The molecule has 264 valence electrons. The fourth-order valence-electron chi connectivity index (χ4n) is 5.45. The normalized spacial score (nSPS) is 12.9. The molecule has 0 rings (SSSR count). The zero-order valence-corrected chi connectivity index (χ0v) is 30.1. The van der Waals surface area contributed by atoms with E-state index >= 15 is 0 Å². The lowest BCUT2D eigenvalue weighted by atomic mass is 10.0. The van der Waals surface area contributed by atoms with E-state index in [1.165, 1.54) is 57.8 Å². The first-order valence-electron chi connectivity index (χ1n) is 19.3. The lowest BCUT2D eigenvalue weighted by molar-refractivity contribution is -0.150. The Bertz CT molecular complexity index is 820. The molecule has 0 aromatic rings. The molecule has 0 aliphatic heterocycles. The Hall–Kier alpha value is -2.36. The Morgan fingerprint density at radius 1 is 0.500 bits per heavy atom. The van der Waals surface area contributed by atoms with Gasteiger partial charge < -0.3 is 9.84 Å². The van der Waals surface area contributed by atoms with Crippen molar-refractivity contribution in [2.24, 2.45) is 0 Å². The van der Waals surface area contributed by atoms with Gasteiger partial charge in [-0.2, -0.15) is 0 Å². The number of ether oxygens (including phenoxy) is 1. The average Bonchev–Trinajstić information content (AvgIpc) is 3.04. The summed E-state index contributed by atoms with van der Waals surface area (Å²) in [6, 6.07) is 0. The standard InChI is InChI=1S/C42H72O4/c1-3-5-7-9-11-12-13-14-15-16-17-18-19-20-21-22-27-31-35-39-42(45)46-40(36-32-28-24-10-8-6-4-2)37-33-29-25-23-26-30-34-38-41(43)44/h5,7,11-12,14-15,17-18,20-21,40H,3-4,6,8-10,13,16,19,22-39H2,1-2H3,(H,43,44)/b7-5-,12-11-,15-14-,18-17-,21-20-. The van der Waals surface area contributed by atoms with E-state index in [9.17, 15) is 9.59 Å². The Morgan fingerprint density at radius 2 is 0.913 bits per heavy atom. The summed E-state index contributed by atoms with van der Waals surface area (Å²) in [6.45, 7) is 4.41. The number of carboxylic acids is 1. The maximum absolute atomic E-state index is 12.6. The summed E-state index contributed by atoms with van der Waals surface area (Å²) in [5.74, 6) is -0.704. The average molecular weight is 641 g/mol. The van der Waals surface area contributed by atoms with Crippen LogP contribution in [0.5, 0.6) is 0 Å². The molecule has 4 heteroatoms. The fourth-order valence-corrected chi connectivity index (χ4v) is 5.45. The van der Waals surface area contributed by atoms with Crippen molar-refractivity contribution >= 4 is 11.9 Å². The zero-order valence-electron chi connectivity index (χ0n) is 30.1. The number of esters is 1. The van der Waals surface area contributed by atoms with Crippen molar-refractivity contribution in [2.45, 2.75) is 193 Å². The van der Waals surface area contributed by atoms with E-state index in [4.69, 9.17) is 9.84 Å². The summed E-state index contributed by atoms with van der Waals surface area (Å²) in [4.78, 5) is 23.3. The second-order valence-electron chi connectivity index (χ2n) is 12.7. The molecule has 1 unspecified atom stereocenters. The number of rotatable bonds is 34. The minimum absolute atomic E-state index is 0.0127. The Balaban J connectivity index is 4.06. The highest BCUT2D eigenvalue weighted by Crippen LogP contribution is 2.18. The van der Waals surface area contributed by atoms with Crippen molar-refractivity contribution in [3.05, 3.63) is 60.8 Å². The first-order valence-corrected chi connectivity index (χ1v) is 19.3. The van der Waals surface area contributed by atoms with Crippen LogP contribution in [0.4, 0.5) is 0 Å². The number of carbonyl (C=O) groups is 2. The molecule has 0 fully saturated rings. The first kappa shape index (κ1) is 43.6. The number of allylic oxidation sites excluding steroid dienone is 10. The van der Waals surface area contributed by atoms with Crippen molar-refractivity contribution in [1.82, 2.24) is 0 Å². The molecule has 0 saturated heterocycles. The van der Waals surface area contributed by atoms with Crippen LogP contribution in [0.3, 0.4) is 0 Å². The second-order valence-corrected chi connectivity index (χ2v) is 12.7. The zero-order chi connectivity index (χ0) is 33.6. The summed E-state index contributed by atoms with van der Waals surface area (Å²) in [7, 11) is 0. The lowest BCUT2D eigenvalue weighted by Gasteiger charge is -2.18. The van der Waals surface area contributed by atoms with Gasteiger partial charge in [0.1, 0.15) is 6.10 Å². The van der Waals surface area contributed by atoms with Gasteiger partial charge >= 0.3 is 11.9 Å². The van der Waals surface area contributed by atoms with Crippen molar-refractivity contribution in [3.63, 3.8) is 0 Å². The van der Waals surface area contributed by atoms with E-state index < -0.39 is 5.97 Å². The van der Waals surface area contributed by atoms with E-state index in [0.29, 0.717) is 6.42 Å². The number of hydrogen-bond acceptors (Lipinski definition) is 3. The number of carboxylic acid groups (broad SMARTS) is 1. The minimum atomic E-state index is -0.692. The van der Waals surface area contributed by atoms with Gasteiger partial charge in [0, 0.05) is 12.8 Å². The monoisotopic (exact) mass is 641 g/mol. The molecule has 0 aliphatic carbocycles. The molecule has 0 heterocycles. The number of hydrogen-bond donors (Lipinski definition) is 1. The van der Waals surface area contributed by atoms with E-state index in [-0.39, 0.29) is 18.5 Å². The van der Waals surface area contributed by atoms with Crippen LogP contribution in [0.25, 0.3) is 0 Å². The van der Waals surface area contributed by atoms with E-state index in [1.54, 1.807) is 0 Å². The van der Waals surface area contributed by atoms with Crippen LogP contribution in [0.15, 0.2) is 60.8 Å². The van der Waals surface area contributed by atoms with Crippen LogP contribution >= 0.6 is 0 Å². The van der Waals surface area contributed by atoms with Crippen LogP contribution in [0.1, 0.15) is 187 Å². The maximum Gasteiger partial charge on any atom is 0.306 e. The van der Waals surface area contributed by atoms with Crippen molar-refractivity contribution in [3.8, 4) is 0 Å². The summed E-state index contributed by atoms with van der Waals surface area (Å²) >= 11 is 0. The summed E-state index contributed by atoms with van der Waals surface area (Å²) < 4.78 is 5.99. The van der Waals surface area contributed by atoms with Gasteiger partial charge in [-0.3, -0.25) is 9.59 Å². The van der Waals surface area contributed by atoms with E-state index in [1.807, 2.05) is 0 Å². The van der Waals surface area contributed by atoms with Gasteiger partial charge in [0.05, 0.1) is 0 Å². The van der Waals surface area contributed by atoms with Gasteiger partial charge in [-0.1, -0.05) is 152 Å². The summed E-state index contributed by atoms with van der Waals surface area (Å²) in [5.41, 5.74) is 0. The Kier molecular flexibility index (Phi) is 35.2. The van der Waals surface area contributed by atoms with Crippen molar-refractivity contribution in [2.75, 3.05) is 0 Å². The van der Waals surface area contributed by atoms with Gasteiger partial charge in [-0.15, -0.1) is 0 Å². The third-order valence-corrected chi connectivity index (χ3v) is 8.25. The third-order valence-electron chi connectivity index (χ3n) is 8.25. The van der Waals surface area contributed by atoms with E-state index in [2.05, 4.69) is 74.6 Å². The molecule has 0 radical (unpaired) electrons. The molecular formula is C42H72O4. The molecule has 4 nitrogen and oxygen atoms in total. The number of aliphatic carboxylic acids is 1. The maximum atomic E-state index is 12.6. The van der Waals surface area contributed by atoms with E-state index in [0.717, 1.165) is 103 Å². The molecular weight excluding hydrogens is 568 g/mol. The quantitative estimate of drug-likeness (QED) is 0.0432. The predicted octanol–water partition coefficient (Wildman–Crippen LogP) is 13.3. The highest BCUT2D eigenvalue weighted by Gasteiger charge is 2.14. The summed E-state index contributed by atoms with van der Waals surface area (Å²) in [6.07, 6.45) is 51.0. The van der Waals surface area contributed by atoms with Crippen molar-refractivity contribution < 1.29 is 19.4 Å². The molecule has 0 aromatic heterocycles. The van der Waals surface area contributed by atoms with Crippen LogP contribution in [-0.4, -0.2) is 23.1 Å². The fraction of sp³-hybridized carbons (Fsp3) is 0.714. The molecule has 0 aromatic carbocycles. The molecule has 1 atom stereocenters. The van der Waals surface area contributed by atoms with Gasteiger partial charge in [0.2, 0.25) is 0 Å². The molecule has 0 amide bonds. The van der Waals surface area contributed by atoms with Crippen LogP contribution in [0.2, 0.25) is 0 Å². The molecule has 1 N–H and O–H groups in total. The van der Waals surface area contributed by atoms with Crippen LogP contribution in [-0.2, 0) is 14.3 Å². The molecule has 0 bridgehead atoms. The highest BCUT2D eigenvalue weighted by molar-refractivity contribution is 5.69. The highest BCUT2D eigenvalue weighted by atomic mass is 16.5. The summed E-state index contributed by atoms with van der Waals surface area (Å²) in [5, 5.41) is 8.75. The largest absolute Gasteiger partial charge is 0.481 e. The molecule has 0 spiro atoms. The first-order chi connectivity index (χ1) is 22.6. The van der Waals surface area contributed by atoms with Gasteiger partial charge in [0.25, 0.3) is 0 Å². The predicted molar refractivity (Wildman–Crippen MR) is 199 cm³/mol.